The molecule has 1 saturated heterocycles. The Bertz CT molecular complexity index is 2140. The normalized spacial score (nSPS) is 21.1. The summed E-state index contributed by atoms with van der Waals surface area (Å²) in [5.74, 6) is -0.589. The van der Waals surface area contributed by atoms with Crippen molar-refractivity contribution in [3.8, 4) is 34.5 Å². The van der Waals surface area contributed by atoms with Crippen molar-refractivity contribution in [1.29, 1.82) is 5.26 Å². The van der Waals surface area contributed by atoms with Gasteiger partial charge in [-0.2, -0.15) is 10.4 Å². The third-order valence-electron chi connectivity index (χ3n) is 8.70. The predicted octanol–water partition coefficient (Wildman–Crippen LogP) is 4.79. The van der Waals surface area contributed by atoms with Crippen molar-refractivity contribution < 1.29 is 27.5 Å². The van der Waals surface area contributed by atoms with Gasteiger partial charge >= 0.3 is 0 Å². The lowest BCUT2D eigenvalue weighted by Gasteiger charge is -2.32. The number of benzene rings is 3. The van der Waals surface area contributed by atoms with Crippen LogP contribution in [0.2, 0.25) is 0 Å². The SMILES string of the molecule is COc1ccc(C2=C(C#N)C(=O)N(C3CCS(=O)(=O)C3)C(=O)/C2=C\c2cn(-c3ccccc3)nc2-c2ccc3c(c2)CC(C)O3)cc1. The molecule has 1 fully saturated rings. The number of hydrogen-bond acceptors (Lipinski definition) is 8. The van der Waals surface area contributed by atoms with E-state index in [0.29, 0.717) is 22.6 Å². The number of aromatic nitrogens is 2. The fraction of sp³-hybridized carbons (Fsp3) is 0.222. The van der Waals surface area contributed by atoms with Crippen LogP contribution >= 0.6 is 0 Å². The summed E-state index contributed by atoms with van der Waals surface area (Å²) in [5, 5.41) is 15.3. The van der Waals surface area contributed by atoms with Gasteiger partial charge in [0, 0.05) is 29.3 Å². The summed E-state index contributed by atoms with van der Waals surface area (Å²) in [5.41, 5.74) is 4.26. The van der Waals surface area contributed by atoms with Gasteiger partial charge in [-0.15, -0.1) is 0 Å². The predicted molar refractivity (Wildman–Crippen MR) is 175 cm³/mol. The average Bonchev–Trinajstić information content (AvgIpc) is 3.77. The quantitative estimate of drug-likeness (QED) is 0.216. The highest BCUT2D eigenvalue weighted by Crippen LogP contribution is 2.40. The minimum absolute atomic E-state index is 0.0492. The number of nitrogens with zero attached hydrogens (tertiary/aromatic N) is 4. The Hall–Kier alpha value is -5.47. The summed E-state index contributed by atoms with van der Waals surface area (Å²) in [6.07, 6.45) is 4.35. The maximum Gasteiger partial charge on any atom is 0.272 e. The molecule has 0 bridgehead atoms. The summed E-state index contributed by atoms with van der Waals surface area (Å²) in [6, 6.07) is 23.3. The summed E-state index contributed by atoms with van der Waals surface area (Å²) in [4.78, 5) is 29.2. The van der Waals surface area contributed by atoms with E-state index < -0.39 is 27.7 Å². The van der Waals surface area contributed by atoms with Gasteiger partial charge in [-0.1, -0.05) is 30.3 Å². The smallest absolute Gasteiger partial charge is 0.272 e. The van der Waals surface area contributed by atoms with Gasteiger partial charge in [0.25, 0.3) is 11.8 Å². The Balaban J connectivity index is 1.45. The maximum absolute atomic E-state index is 14.5. The van der Waals surface area contributed by atoms with Crippen molar-refractivity contribution in [3.05, 3.63) is 107 Å². The molecule has 3 aromatic carbocycles. The average molecular weight is 647 g/mol. The zero-order valence-corrected chi connectivity index (χ0v) is 26.5. The Labute approximate surface area is 272 Å². The van der Waals surface area contributed by atoms with Gasteiger partial charge in [0.15, 0.2) is 9.84 Å². The number of hydrogen-bond donors (Lipinski definition) is 0. The van der Waals surface area contributed by atoms with Gasteiger partial charge in [-0.25, -0.2) is 13.1 Å². The van der Waals surface area contributed by atoms with Crippen LogP contribution in [0, 0.1) is 11.3 Å². The molecule has 0 spiro atoms. The molecule has 10 nitrogen and oxygen atoms in total. The van der Waals surface area contributed by atoms with E-state index in [0.717, 1.165) is 33.9 Å². The molecule has 2 atom stereocenters. The minimum atomic E-state index is -3.45. The third-order valence-corrected chi connectivity index (χ3v) is 10.4. The Morgan fingerprint density at radius 1 is 1.02 bits per heavy atom. The lowest BCUT2D eigenvalue weighted by Crippen LogP contribution is -2.49. The fourth-order valence-electron chi connectivity index (χ4n) is 6.45. The van der Waals surface area contributed by atoms with Crippen molar-refractivity contribution in [2.24, 2.45) is 0 Å². The molecular formula is C36H30N4O6S. The van der Waals surface area contributed by atoms with Crippen LogP contribution < -0.4 is 9.47 Å². The van der Waals surface area contributed by atoms with Gasteiger partial charge in [0.05, 0.1) is 41.6 Å². The molecule has 0 N–H and O–H groups in total. The van der Waals surface area contributed by atoms with Crippen LogP contribution in [0.3, 0.4) is 0 Å². The number of amides is 2. The van der Waals surface area contributed by atoms with Crippen LogP contribution in [-0.2, 0) is 25.8 Å². The molecule has 7 rings (SSSR count). The fourth-order valence-corrected chi connectivity index (χ4v) is 8.15. The van der Waals surface area contributed by atoms with E-state index in [9.17, 15) is 23.3 Å². The van der Waals surface area contributed by atoms with Gasteiger partial charge in [-0.05, 0) is 73.0 Å². The second-order valence-electron chi connectivity index (χ2n) is 11.9. The molecule has 4 aromatic rings. The molecule has 3 aliphatic rings. The maximum atomic E-state index is 14.5. The lowest BCUT2D eigenvalue weighted by molar-refractivity contribution is -0.142. The number of fused-ring (bicyclic) bond motifs is 1. The molecule has 0 aliphatic carbocycles. The van der Waals surface area contributed by atoms with Crippen molar-refractivity contribution in [2.75, 3.05) is 18.6 Å². The summed E-state index contributed by atoms with van der Waals surface area (Å²) < 4.78 is 37.8. The van der Waals surface area contributed by atoms with Crippen LogP contribution in [0.15, 0.2) is 90.1 Å². The van der Waals surface area contributed by atoms with Crippen molar-refractivity contribution in [1.82, 2.24) is 14.7 Å². The number of ether oxygens (including phenoxy) is 2. The van der Waals surface area contributed by atoms with Crippen LogP contribution in [0.1, 0.15) is 30.0 Å². The number of para-hydroxylation sites is 1. The lowest BCUT2D eigenvalue weighted by atomic mass is 9.86. The second kappa shape index (κ2) is 11.7. The highest BCUT2D eigenvalue weighted by Gasteiger charge is 2.45. The van der Waals surface area contributed by atoms with Gasteiger partial charge < -0.3 is 9.47 Å². The molecule has 47 heavy (non-hydrogen) atoms. The zero-order chi connectivity index (χ0) is 32.9. The zero-order valence-electron chi connectivity index (χ0n) is 25.7. The number of sulfone groups is 1. The van der Waals surface area contributed by atoms with Crippen molar-refractivity contribution >= 4 is 33.3 Å². The highest BCUT2D eigenvalue weighted by atomic mass is 32.2. The van der Waals surface area contributed by atoms with Crippen LogP contribution in [0.25, 0.3) is 28.6 Å². The summed E-state index contributed by atoms with van der Waals surface area (Å²) >= 11 is 0. The number of imide groups is 1. The van der Waals surface area contributed by atoms with Gasteiger partial charge in [0.1, 0.15) is 29.2 Å². The summed E-state index contributed by atoms with van der Waals surface area (Å²) in [6.45, 7) is 2.01. The molecule has 11 heteroatoms. The van der Waals surface area contributed by atoms with Crippen LogP contribution in [0.4, 0.5) is 0 Å². The first-order valence-corrected chi connectivity index (χ1v) is 17.0. The number of carbonyl (C=O) groups is 2. The van der Waals surface area contributed by atoms with Crippen molar-refractivity contribution in [3.63, 3.8) is 0 Å². The van der Waals surface area contributed by atoms with E-state index in [1.165, 1.54) is 7.11 Å². The first-order chi connectivity index (χ1) is 22.7. The van der Waals surface area contributed by atoms with E-state index in [4.69, 9.17) is 14.6 Å². The number of rotatable bonds is 6. The van der Waals surface area contributed by atoms with E-state index >= 15 is 0 Å². The molecule has 236 valence electrons. The molecular weight excluding hydrogens is 616 g/mol. The molecule has 0 radical (unpaired) electrons. The molecule has 3 aliphatic heterocycles. The molecule has 0 saturated carbocycles. The Morgan fingerprint density at radius 2 is 1.77 bits per heavy atom. The Kier molecular flexibility index (Phi) is 7.53. The van der Waals surface area contributed by atoms with E-state index in [1.807, 2.05) is 61.5 Å². The monoisotopic (exact) mass is 646 g/mol. The van der Waals surface area contributed by atoms with Gasteiger partial charge in [0.2, 0.25) is 0 Å². The highest BCUT2D eigenvalue weighted by molar-refractivity contribution is 7.91. The molecule has 2 unspecified atom stereocenters. The van der Waals surface area contributed by atoms with E-state index in [-0.39, 0.29) is 40.7 Å². The number of carbonyl (C=O) groups excluding carboxylic acids is 2. The number of nitriles is 1. The molecule has 1 aromatic heterocycles. The minimum Gasteiger partial charge on any atom is -0.497 e. The first-order valence-electron chi connectivity index (χ1n) is 15.2. The van der Waals surface area contributed by atoms with Crippen LogP contribution in [-0.4, -0.2) is 65.7 Å². The molecule has 4 heterocycles. The van der Waals surface area contributed by atoms with Gasteiger partial charge in [-0.3, -0.25) is 14.5 Å². The number of methoxy groups -OCH3 is 1. The summed E-state index contributed by atoms with van der Waals surface area (Å²) in [7, 11) is -1.92. The van der Waals surface area contributed by atoms with Crippen LogP contribution in [0.5, 0.6) is 11.5 Å². The standard InChI is InChI=1S/C36H30N4O6S/c1-22-16-25-17-24(10-13-32(25)46-22)34-26(20-39(38-34)27-6-4-3-5-7-27)18-30-33(23-8-11-29(45-2)12-9-23)31(19-37)36(42)40(35(30)41)28-14-15-47(43,44)21-28/h3-13,17-18,20,22,28H,14-16,21H2,1-2H3/b30-18-. The van der Waals surface area contributed by atoms with E-state index in [1.54, 1.807) is 41.2 Å². The molecule has 2 amide bonds. The Morgan fingerprint density at radius 3 is 2.45 bits per heavy atom. The topological polar surface area (TPSA) is 132 Å². The second-order valence-corrected chi connectivity index (χ2v) is 14.1. The third kappa shape index (κ3) is 5.51. The van der Waals surface area contributed by atoms with Crippen molar-refractivity contribution in [2.45, 2.75) is 31.9 Å². The first kappa shape index (κ1) is 30.2. The van der Waals surface area contributed by atoms with E-state index in [2.05, 4.69) is 0 Å². The largest absolute Gasteiger partial charge is 0.497 e.